The molecule has 1 aliphatic heterocycles. The number of benzene rings is 2. The number of nitrogens with one attached hydrogen (secondary N) is 1. The maximum absolute atomic E-state index is 12.1. The number of rotatable bonds is 5. The quantitative estimate of drug-likeness (QED) is 0.718. The maximum Gasteiger partial charge on any atom is 0.244 e. The summed E-state index contributed by atoms with van der Waals surface area (Å²) in [7, 11) is 0. The minimum atomic E-state index is -0.0694. The van der Waals surface area contributed by atoms with Crippen LogP contribution in [0, 0.1) is 0 Å². The predicted molar refractivity (Wildman–Crippen MR) is 119 cm³/mol. The molecule has 28 heavy (non-hydrogen) atoms. The zero-order valence-electron chi connectivity index (χ0n) is 17.4. The lowest BCUT2D eigenvalue weighted by molar-refractivity contribution is -0.116. The molecule has 0 bridgehead atoms. The number of nitrogens with zero attached hydrogens (tertiary/aromatic N) is 1. The molecule has 148 valence electrons. The van der Waals surface area contributed by atoms with Gasteiger partial charge >= 0.3 is 0 Å². The summed E-state index contributed by atoms with van der Waals surface area (Å²) < 4.78 is 0. The van der Waals surface area contributed by atoms with Crippen molar-refractivity contribution in [1.29, 1.82) is 0 Å². The minimum absolute atomic E-state index is 0.0694. The number of hydrogen-bond donors (Lipinski definition) is 1. The van der Waals surface area contributed by atoms with Crippen molar-refractivity contribution in [2.24, 2.45) is 0 Å². The van der Waals surface area contributed by atoms with Gasteiger partial charge in [0.25, 0.3) is 0 Å². The fourth-order valence-electron chi connectivity index (χ4n) is 3.49. The van der Waals surface area contributed by atoms with Gasteiger partial charge in [-0.3, -0.25) is 4.79 Å². The Morgan fingerprint density at radius 3 is 2.21 bits per heavy atom. The van der Waals surface area contributed by atoms with Gasteiger partial charge in [0.15, 0.2) is 0 Å². The molecule has 0 unspecified atom stereocenters. The Bertz CT molecular complexity index is 792. The third-order valence-electron chi connectivity index (χ3n) is 5.33. The summed E-state index contributed by atoms with van der Waals surface area (Å²) in [4.78, 5) is 14.6. The molecule has 3 rings (SSSR count). The van der Waals surface area contributed by atoms with Crippen molar-refractivity contribution in [3.05, 3.63) is 71.3 Å². The van der Waals surface area contributed by atoms with Crippen LogP contribution in [0.5, 0.6) is 0 Å². The lowest BCUT2D eigenvalue weighted by Gasteiger charge is -2.28. The summed E-state index contributed by atoms with van der Waals surface area (Å²) in [6.07, 6.45) is 7.37. The highest BCUT2D eigenvalue weighted by molar-refractivity contribution is 5.91. The van der Waals surface area contributed by atoms with E-state index in [4.69, 9.17) is 0 Å². The Balaban J connectivity index is 1.49. The average Bonchev–Trinajstić information content (AvgIpc) is 2.71. The van der Waals surface area contributed by atoms with Gasteiger partial charge in [-0.2, -0.15) is 0 Å². The summed E-state index contributed by atoms with van der Waals surface area (Å²) in [5.74, 6) is -0.0694. The van der Waals surface area contributed by atoms with E-state index in [0.29, 0.717) is 6.54 Å². The maximum atomic E-state index is 12.1. The summed E-state index contributed by atoms with van der Waals surface area (Å²) >= 11 is 0. The van der Waals surface area contributed by atoms with Gasteiger partial charge in [0, 0.05) is 31.4 Å². The largest absolute Gasteiger partial charge is 0.372 e. The van der Waals surface area contributed by atoms with Gasteiger partial charge in [-0.1, -0.05) is 57.2 Å². The van der Waals surface area contributed by atoms with Gasteiger partial charge in [0.2, 0.25) is 5.91 Å². The Labute approximate surface area is 169 Å². The van der Waals surface area contributed by atoms with Crippen LogP contribution in [0.4, 0.5) is 5.69 Å². The number of amides is 1. The summed E-state index contributed by atoms with van der Waals surface area (Å²) in [5, 5.41) is 2.96. The Kier molecular flexibility index (Phi) is 6.56. The minimum Gasteiger partial charge on any atom is -0.372 e. The summed E-state index contributed by atoms with van der Waals surface area (Å²) in [5.41, 5.74) is 4.88. The van der Waals surface area contributed by atoms with Crippen LogP contribution in [0.25, 0.3) is 6.08 Å². The highest BCUT2D eigenvalue weighted by atomic mass is 16.1. The molecule has 1 amide bonds. The van der Waals surface area contributed by atoms with Crippen LogP contribution in [-0.2, 0) is 16.8 Å². The van der Waals surface area contributed by atoms with E-state index in [1.165, 1.54) is 30.5 Å². The third kappa shape index (κ3) is 5.72. The molecule has 0 atom stereocenters. The molecule has 1 heterocycles. The summed E-state index contributed by atoms with van der Waals surface area (Å²) in [6.45, 7) is 9.45. The number of carbonyl (C=O) groups excluding carboxylic acids is 1. The number of carbonyl (C=O) groups is 1. The van der Waals surface area contributed by atoms with E-state index in [2.05, 4.69) is 79.5 Å². The van der Waals surface area contributed by atoms with Crippen molar-refractivity contribution in [3.8, 4) is 0 Å². The molecule has 0 radical (unpaired) electrons. The molecule has 1 fully saturated rings. The smallest absolute Gasteiger partial charge is 0.244 e. The molecule has 0 aromatic heterocycles. The first-order valence-electron chi connectivity index (χ1n) is 10.3. The fourth-order valence-corrected chi connectivity index (χ4v) is 3.49. The normalized spacial score (nSPS) is 15.0. The Morgan fingerprint density at radius 1 is 0.964 bits per heavy atom. The van der Waals surface area contributed by atoms with Crippen molar-refractivity contribution >= 4 is 17.7 Å². The second kappa shape index (κ2) is 9.09. The first-order valence-corrected chi connectivity index (χ1v) is 10.3. The van der Waals surface area contributed by atoms with Crippen molar-refractivity contribution in [2.45, 2.75) is 52.0 Å². The van der Waals surface area contributed by atoms with Crippen LogP contribution >= 0.6 is 0 Å². The van der Waals surface area contributed by atoms with Crippen LogP contribution in [0.2, 0.25) is 0 Å². The molecule has 2 aromatic carbocycles. The second-order valence-electron chi connectivity index (χ2n) is 8.64. The molecule has 1 N–H and O–H groups in total. The van der Waals surface area contributed by atoms with Crippen LogP contribution in [0.1, 0.15) is 56.7 Å². The van der Waals surface area contributed by atoms with Crippen LogP contribution in [-0.4, -0.2) is 19.0 Å². The molecule has 1 aliphatic rings. The van der Waals surface area contributed by atoms with Gasteiger partial charge in [-0.15, -0.1) is 0 Å². The molecule has 3 nitrogen and oxygen atoms in total. The first kappa shape index (κ1) is 20.2. The van der Waals surface area contributed by atoms with E-state index >= 15 is 0 Å². The van der Waals surface area contributed by atoms with E-state index < -0.39 is 0 Å². The Morgan fingerprint density at radius 2 is 1.61 bits per heavy atom. The average molecular weight is 377 g/mol. The standard InChI is InChI=1S/C25H32N2O/c1-25(2,3)22-12-7-20(8-13-22)11-16-24(28)26-19-21-9-14-23(15-10-21)27-17-5-4-6-18-27/h7-16H,4-6,17-19H2,1-3H3,(H,26,28)/b16-11+. The molecule has 2 aromatic rings. The van der Waals surface area contributed by atoms with Crippen LogP contribution < -0.4 is 10.2 Å². The van der Waals surface area contributed by atoms with Crippen LogP contribution in [0.3, 0.4) is 0 Å². The lowest BCUT2D eigenvalue weighted by Crippen LogP contribution is -2.29. The van der Waals surface area contributed by atoms with E-state index in [-0.39, 0.29) is 11.3 Å². The van der Waals surface area contributed by atoms with E-state index in [9.17, 15) is 4.79 Å². The molecule has 0 spiro atoms. The first-order chi connectivity index (χ1) is 13.4. The van der Waals surface area contributed by atoms with Crippen molar-refractivity contribution in [2.75, 3.05) is 18.0 Å². The van der Waals surface area contributed by atoms with Gasteiger partial charge in [0.05, 0.1) is 0 Å². The van der Waals surface area contributed by atoms with Crippen LogP contribution in [0.15, 0.2) is 54.6 Å². The predicted octanol–water partition coefficient (Wildman–Crippen LogP) is 5.30. The summed E-state index contributed by atoms with van der Waals surface area (Å²) in [6, 6.07) is 16.9. The van der Waals surface area contributed by atoms with Crippen molar-refractivity contribution < 1.29 is 4.79 Å². The fraction of sp³-hybridized carbons (Fsp3) is 0.400. The Hall–Kier alpha value is -2.55. The van der Waals surface area contributed by atoms with E-state index in [1.807, 2.05) is 6.08 Å². The number of piperidine rings is 1. The van der Waals surface area contributed by atoms with Gasteiger partial charge in [-0.05, 0) is 59.6 Å². The molecule has 1 saturated heterocycles. The SMILES string of the molecule is CC(C)(C)c1ccc(/C=C/C(=O)NCc2ccc(N3CCCCC3)cc2)cc1. The van der Waals surface area contributed by atoms with Gasteiger partial charge in [0.1, 0.15) is 0 Å². The second-order valence-corrected chi connectivity index (χ2v) is 8.64. The highest BCUT2D eigenvalue weighted by Crippen LogP contribution is 2.22. The highest BCUT2D eigenvalue weighted by Gasteiger charge is 2.12. The van der Waals surface area contributed by atoms with Gasteiger partial charge < -0.3 is 10.2 Å². The van der Waals surface area contributed by atoms with Gasteiger partial charge in [-0.25, -0.2) is 0 Å². The molecule has 3 heteroatoms. The molecule has 0 aliphatic carbocycles. The molecular formula is C25H32N2O. The number of hydrogen-bond acceptors (Lipinski definition) is 2. The number of anilines is 1. The van der Waals surface area contributed by atoms with E-state index in [0.717, 1.165) is 24.2 Å². The van der Waals surface area contributed by atoms with Crippen molar-refractivity contribution in [3.63, 3.8) is 0 Å². The zero-order valence-corrected chi connectivity index (χ0v) is 17.4. The zero-order chi connectivity index (χ0) is 20.0. The van der Waals surface area contributed by atoms with Crippen molar-refractivity contribution in [1.82, 2.24) is 5.32 Å². The third-order valence-corrected chi connectivity index (χ3v) is 5.33. The van der Waals surface area contributed by atoms with E-state index in [1.54, 1.807) is 6.08 Å². The monoisotopic (exact) mass is 376 g/mol. The lowest BCUT2D eigenvalue weighted by atomic mass is 9.87. The molecular weight excluding hydrogens is 344 g/mol. The molecule has 0 saturated carbocycles. The topological polar surface area (TPSA) is 32.3 Å².